The molecule has 58 valence electrons. The molecule has 0 aliphatic rings. The van der Waals surface area contributed by atoms with Crippen LogP contribution < -0.4 is 5.32 Å². The molecule has 0 aliphatic heterocycles. The Hall–Kier alpha value is -1.06. The van der Waals surface area contributed by atoms with Gasteiger partial charge in [0.1, 0.15) is 6.04 Å². The maximum Gasteiger partial charge on any atom is 0.328 e. The van der Waals surface area contributed by atoms with Gasteiger partial charge in [-0.25, -0.2) is 4.79 Å². The third-order valence-electron chi connectivity index (χ3n) is 1.16. The SMILES string of the molecule is CC[C@H](NC=O)C(=O)OC. The van der Waals surface area contributed by atoms with Gasteiger partial charge < -0.3 is 10.1 Å². The molecule has 0 aromatic rings. The van der Waals surface area contributed by atoms with Crippen molar-refractivity contribution in [3.8, 4) is 0 Å². The van der Waals surface area contributed by atoms with Gasteiger partial charge in [0.2, 0.25) is 6.41 Å². The van der Waals surface area contributed by atoms with Gasteiger partial charge in [-0.05, 0) is 6.42 Å². The number of methoxy groups -OCH3 is 1. The summed E-state index contributed by atoms with van der Waals surface area (Å²) < 4.78 is 4.40. The highest BCUT2D eigenvalue weighted by Crippen LogP contribution is 1.91. The molecule has 1 amide bonds. The van der Waals surface area contributed by atoms with Crippen molar-refractivity contribution in [1.82, 2.24) is 5.32 Å². The van der Waals surface area contributed by atoms with Gasteiger partial charge in [0, 0.05) is 0 Å². The molecule has 0 bridgehead atoms. The quantitative estimate of drug-likeness (QED) is 0.436. The Morgan fingerprint density at radius 3 is 2.70 bits per heavy atom. The summed E-state index contributed by atoms with van der Waals surface area (Å²) in [5, 5.41) is 2.33. The average molecular weight is 145 g/mol. The molecule has 0 fully saturated rings. The van der Waals surface area contributed by atoms with E-state index in [0.717, 1.165) is 0 Å². The Morgan fingerprint density at radius 1 is 1.80 bits per heavy atom. The third-order valence-corrected chi connectivity index (χ3v) is 1.16. The highest BCUT2D eigenvalue weighted by atomic mass is 16.5. The normalized spacial score (nSPS) is 11.8. The summed E-state index contributed by atoms with van der Waals surface area (Å²) in [6.45, 7) is 1.79. The van der Waals surface area contributed by atoms with E-state index in [1.807, 2.05) is 0 Å². The molecule has 0 spiro atoms. The first-order valence-electron chi connectivity index (χ1n) is 3.03. The lowest BCUT2D eigenvalue weighted by molar-refractivity contribution is -0.144. The van der Waals surface area contributed by atoms with Crippen LogP contribution in [0.2, 0.25) is 0 Å². The molecule has 1 N–H and O–H groups in total. The van der Waals surface area contributed by atoms with Gasteiger partial charge in [-0.3, -0.25) is 4.79 Å². The monoisotopic (exact) mass is 145 g/mol. The van der Waals surface area contributed by atoms with Crippen molar-refractivity contribution in [1.29, 1.82) is 0 Å². The Labute approximate surface area is 59.6 Å². The molecule has 4 heteroatoms. The standard InChI is InChI=1S/C6H11NO3/c1-3-5(7-4-8)6(9)10-2/h4-5H,3H2,1-2H3,(H,7,8)/t5-/m0/s1. The van der Waals surface area contributed by atoms with E-state index in [2.05, 4.69) is 10.1 Å². The van der Waals surface area contributed by atoms with Crippen LogP contribution in [0.3, 0.4) is 0 Å². The minimum atomic E-state index is -0.498. The summed E-state index contributed by atoms with van der Waals surface area (Å²) in [5.41, 5.74) is 0. The van der Waals surface area contributed by atoms with Crippen LogP contribution in [0.15, 0.2) is 0 Å². The zero-order valence-electron chi connectivity index (χ0n) is 6.09. The Morgan fingerprint density at radius 2 is 2.40 bits per heavy atom. The van der Waals surface area contributed by atoms with E-state index in [9.17, 15) is 9.59 Å². The first-order valence-corrected chi connectivity index (χ1v) is 3.03. The second-order valence-corrected chi connectivity index (χ2v) is 1.77. The molecule has 0 rings (SSSR count). The fourth-order valence-electron chi connectivity index (χ4n) is 0.577. The number of carbonyl (C=O) groups is 2. The Bertz CT molecular complexity index is 124. The van der Waals surface area contributed by atoms with Gasteiger partial charge >= 0.3 is 5.97 Å². The van der Waals surface area contributed by atoms with Crippen LogP contribution >= 0.6 is 0 Å². The fraction of sp³-hybridized carbons (Fsp3) is 0.667. The summed E-state index contributed by atoms with van der Waals surface area (Å²) in [6.07, 6.45) is 1.04. The van der Waals surface area contributed by atoms with E-state index in [-0.39, 0.29) is 0 Å². The summed E-state index contributed by atoms with van der Waals surface area (Å²) in [7, 11) is 1.29. The van der Waals surface area contributed by atoms with Crippen molar-refractivity contribution in [3.05, 3.63) is 0 Å². The van der Waals surface area contributed by atoms with Crippen LogP contribution in [0, 0.1) is 0 Å². The molecule has 0 unspecified atom stereocenters. The number of hydrogen-bond acceptors (Lipinski definition) is 3. The molecule has 0 aliphatic carbocycles. The molecule has 1 atom stereocenters. The molecule has 0 aromatic heterocycles. The molecular formula is C6H11NO3. The van der Waals surface area contributed by atoms with E-state index in [0.29, 0.717) is 12.8 Å². The van der Waals surface area contributed by atoms with Crippen molar-refractivity contribution in [2.45, 2.75) is 19.4 Å². The van der Waals surface area contributed by atoms with Crippen LogP contribution in [0.1, 0.15) is 13.3 Å². The van der Waals surface area contributed by atoms with Crippen LogP contribution in [-0.4, -0.2) is 25.5 Å². The second-order valence-electron chi connectivity index (χ2n) is 1.77. The third kappa shape index (κ3) is 2.48. The predicted molar refractivity (Wildman–Crippen MR) is 35.3 cm³/mol. The average Bonchev–Trinajstić information content (AvgIpc) is 1.99. The van der Waals surface area contributed by atoms with Crippen LogP contribution in [-0.2, 0) is 14.3 Å². The Balaban J connectivity index is 3.79. The van der Waals surface area contributed by atoms with Gasteiger partial charge in [-0.2, -0.15) is 0 Å². The first kappa shape index (κ1) is 8.94. The highest BCUT2D eigenvalue weighted by molar-refractivity contribution is 5.77. The lowest BCUT2D eigenvalue weighted by Crippen LogP contribution is -2.35. The number of ether oxygens (including phenoxy) is 1. The van der Waals surface area contributed by atoms with Crippen molar-refractivity contribution in [2.75, 3.05) is 7.11 Å². The lowest BCUT2D eigenvalue weighted by atomic mass is 10.2. The minimum absolute atomic E-state index is 0.408. The van der Waals surface area contributed by atoms with Gasteiger partial charge in [-0.1, -0.05) is 6.92 Å². The van der Waals surface area contributed by atoms with Gasteiger partial charge in [0.25, 0.3) is 0 Å². The molecular weight excluding hydrogens is 134 g/mol. The van der Waals surface area contributed by atoms with Gasteiger partial charge in [-0.15, -0.1) is 0 Å². The van der Waals surface area contributed by atoms with Crippen LogP contribution in [0.4, 0.5) is 0 Å². The zero-order chi connectivity index (χ0) is 7.98. The largest absolute Gasteiger partial charge is 0.467 e. The van der Waals surface area contributed by atoms with Crippen molar-refractivity contribution in [2.24, 2.45) is 0 Å². The van der Waals surface area contributed by atoms with Gasteiger partial charge in [0.15, 0.2) is 0 Å². The van der Waals surface area contributed by atoms with Crippen molar-refractivity contribution >= 4 is 12.4 Å². The van der Waals surface area contributed by atoms with Gasteiger partial charge in [0.05, 0.1) is 7.11 Å². The van der Waals surface area contributed by atoms with Crippen LogP contribution in [0.25, 0.3) is 0 Å². The molecule has 10 heavy (non-hydrogen) atoms. The minimum Gasteiger partial charge on any atom is -0.467 e. The fourth-order valence-corrected chi connectivity index (χ4v) is 0.577. The first-order chi connectivity index (χ1) is 4.76. The number of hydrogen-bond donors (Lipinski definition) is 1. The predicted octanol–water partition coefficient (Wildman–Crippen LogP) is -0.316. The topological polar surface area (TPSA) is 55.4 Å². The molecule has 0 radical (unpaired) electrons. The maximum absolute atomic E-state index is 10.7. The number of esters is 1. The summed E-state index contributed by atoms with van der Waals surface area (Å²) in [4.78, 5) is 20.6. The Kier molecular flexibility index (Phi) is 4.28. The summed E-state index contributed by atoms with van der Waals surface area (Å²) in [6, 6.07) is -0.498. The second kappa shape index (κ2) is 4.78. The highest BCUT2D eigenvalue weighted by Gasteiger charge is 2.14. The van der Waals surface area contributed by atoms with E-state index >= 15 is 0 Å². The molecule has 0 saturated carbocycles. The number of carbonyl (C=O) groups excluding carboxylic acids is 2. The van der Waals surface area contributed by atoms with Crippen LogP contribution in [0.5, 0.6) is 0 Å². The van der Waals surface area contributed by atoms with E-state index in [1.54, 1.807) is 6.92 Å². The summed E-state index contributed by atoms with van der Waals surface area (Å²) in [5.74, 6) is -0.408. The van der Waals surface area contributed by atoms with E-state index in [4.69, 9.17) is 0 Å². The van der Waals surface area contributed by atoms with E-state index in [1.165, 1.54) is 7.11 Å². The van der Waals surface area contributed by atoms with Crippen molar-refractivity contribution < 1.29 is 14.3 Å². The molecule has 0 heterocycles. The molecule has 4 nitrogen and oxygen atoms in total. The maximum atomic E-state index is 10.7. The number of rotatable bonds is 4. The number of amides is 1. The molecule has 0 aromatic carbocycles. The smallest absolute Gasteiger partial charge is 0.328 e. The van der Waals surface area contributed by atoms with E-state index < -0.39 is 12.0 Å². The molecule has 0 saturated heterocycles. The summed E-state index contributed by atoms with van der Waals surface area (Å²) >= 11 is 0. The number of nitrogens with one attached hydrogen (secondary N) is 1. The van der Waals surface area contributed by atoms with Crippen molar-refractivity contribution in [3.63, 3.8) is 0 Å². The zero-order valence-corrected chi connectivity index (χ0v) is 6.09. The lowest BCUT2D eigenvalue weighted by Gasteiger charge is -2.09.